The van der Waals surface area contributed by atoms with Crippen LogP contribution in [0.25, 0.3) is 11.0 Å². The normalized spacial score (nSPS) is 11.0. The van der Waals surface area contributed by atoms with Crippen molar-refractivity contribution in [3.63, 3.8) is 0 Å². The summed E-state index contributed by atoms with van der Waals surface area (Å²) in [5, 5.41) is 12.6. The maximum atomic E-state index is 9.29. The van der Waals surface area contributed by atoms with Crippen molar-refractivity contribution in [1.29, 1.82) is 0 Å². The second kappa shape index (κ2) is 4.31. The molecule has 2 aromatic rings. The number of nitrogens with zero attached hydrogens (tertiary/aromatic N) is 1. The Hall–Kier alpha value is -1.55. The molecule has 0 unspecified atom stereocenters. The van der Waals surface area contributed by atoms with Gasteiger partial charge >= 0.3 is 0 Å². The van der Waals surface area contributed by atoms with Crippen LogP contribution in [0, 0.1) is 0 Å². The molecule has 80 valence electrons. The Bertz CT molecular complexity index is 450. The van der Waals surface area contributed by atoms with Crippen molar-refractivity contribution in [2.45, 2.75) is 19.9 Å². The molecule has 0 amide bonds. The number of phenolic OH excluding ortho intramolecular Hbond substituents is 1. The number of fused-ring (bicyclic) bond motifs is 1. The van der Waals surface area contributed by atoms with Gasteiger partial charge in [-0.15, -0.1) is 0 Å². The van der Waals surface area contributed by atoms with E-state index in [0.717, 1.165) is 36.4 Å². The summed E-state index contributed by atoms with van der Waals surface area (Å²) < 4.78 is 0. The third kappa shape index (κ3) is 2.27. The first-order valence-corrected chi connectivity index (χ1v) is 5.18. The molecule has 0 radical (unpaired) electrons. The lowest BCUT2D eigenvalue weighted by atomic mass is 10.3. The van der Waals surface area contributed by atoms with Crippen LogP contribution < -0.4 is 5.32 Å². The first kappa shape index (κ1) is 9.98. The van der Waals surface area contributed by atoms with E-state index in [9.17, 15) is 5.11 Å². The van der Waals surface area contributed by atoms with Gasteiger partial charge in [-0.2, -0.15) is 0 Å². The first-order chi connectivity index (χ1) is 7.29. The number of hydrogen-bond acceptors (Lipinski definition) is 3. The molecule has 2 rings (SSSR count). The van der Waals surface area contributed by atoms with Gasteiger partial charge in [0.15, 0.2) is 0 Å². The molecule has 0 atom stereocenters. The monoisotopic (exact) mass is 205 g/mol. The maximum Gasteiger partial charge on any atom is 0.121 e. The second-order valence-corrected chi connectivity index (χ2v) is 3.56. The summed E-state index contributed by atoms with van der Waals surface area (Å²) in [5.41, 5.74) is 1.77. The van der Waals surface area contributed by atoms with E-state index in [-0.39, 0.29) is 5.75 Å². The Kier molecular flexibility index (Phi) is 2.87. The number of aromatic nitrogens is 2. The molecule has 0 spiro atoms. The van der Waals surface area contributed by atoms with E-state index >= 15 is 0 Å². The van der Waals surface area contributed by atoms with E-state index in [1.807, 2.05) is 6.07 Å². The molecule has 4 nitrogen and oxygen atoms in total. The molecule has 3 N–H and O–H groups in total. The number of hydrogen-bond donors (Lipinski definition) is 3. The zero-order chi connectivity index (χ0) is 10.7. The average molecular weight is 205 g/mol. The number of H-pyrrole nitrogens is 1. The van der Waals surface area contributed by atoms with Crippen molar-refractivity contribution in [2.75, 3.05) is 6.54 Å². The van der Waals surface area contributed by atoms with Crippen LogP contribution in [0.1, 0.15) is 19.2 Å². The summed E-state index contributed by atoms with van der Waals surface area (Å²) in [7, 11) is 0. The summed E-state index contributed by atoms with van der Waals surface area (Å²) in [6, 6.07) is 5.14. The lowest BCUT2D eigenvalue weighted by molar-refractivity contribution is 0.476. The number of nitrogens with one attached hydrogen (secondary N) is 2. The van der Waals surface area contributed by atoms with Gasteiger partial charge in [0, 0.05) is 6.07 Å². The van der Waals surface area contributed by atoms with Gasteiger partial charge in [0.05, 0.1) is 17.6 Å². The van der Waals surface area contributed by atoms with Crippen molar-refractivity contribution < 1.29 is 5.11 Å². The highest BCUT2D eigenvalue weighted by Gasteiger charge is 2.02. The summed E-state index contributed by atoms with van der Waals surface area (Å²) in [4.78, 5) is 7.56. The van der Waals surface area contributed by atoms with Crippen LogP contribution in [0.2, 0.25) is 0 Å². The Balaban J connectivity index is 2.16. The SMILES string of the molecule is CCCNCc1nc2ccc(O)cc2[nH]1. The molecule has 0 aliphatic carbocycles. The minimum atomic E-state index is 0.263. The van der Waals surface area contributed by atoms with E-state index in [1.165, 1.54) is 0 Å². The van der Waals surface area contributed by atoms with E-state index < -0.39 is 0 Å². The van der Waals surface area contributed by atoms with E-state index in [4.69, 9.17) is 0 Å². The molecule has 0 aliphatic rings. The molecular weight excluding hydrogens is 190 g/mol. The largest absolute Gasteiger partial charge is 0.508 e. The molecule has 0 fully saturated rings. The molecule has 0 saturated heterocycles. The summed E-state index contributed by atoms with van der Waals surface area (Å²) in [5.74, 6) is 1.17. The van der Waals surface area contributed by atoms with Crippen LogP contribution in [0.3, 0.4) is 0 Å². The van der Waals surface area contributed by atoms with Crippen LogP contribution in [0.5, 0.6) is 5.75 Å². The van der Waals surface area contributed by atoms with E-state index in [2.05, 4.69) is 22.2 Å². The molecule has 0 aliphatic heterocycles. The van der Waals surface area contributed by atoms with Crippen LogP contribution in [-0.4, -0.2) is 21.6 Å². The highest BCUT2D eigenvalue weighted by molar-refractivity contribution is 5.76. The van der Waals surface area contributed by atoms with E-state index in [1.54, 1.807) is 12.1 Å². The molecule has 1 heterocycles. The third-order valence-corrected chi connectivity index (χ3v) is 2.23. The van der Waals surface area contributed by atoms with Gasteiger partial charge in [0.25, 0.3) is 0 Å². The number of rotatable bonds is 4. The Labute approximate surface area is 88.3 Å². The van der Waals surface area contributed by atoms with Crippen molar-refractivity contribution in [1.82, 2.24) is 15.3 Å². The number of imidazole rings is 1. The highest BCUT2D eigenvalue weighted by Crippen LogP contribution is 2.17. The van der Waals surface area contributed by atoms with Crippen molar-refractivity contribution >= 4 is 11.0 Å². The topological polar surface area (TPSA) is 60.9 Å². The minimum Gasteiger partial charge on any atom is -0.508 e. The lowest BCUT2D eigenvalue weighted by Gasteiger charge is -1.97. The number of aromatic amines is 1. The van der Waals surface area contributed by atoms with Gasteiger partial charge in [-0.3, -0.25) is 0 Å². The summed E-state index contributed by atoms with van der Waals surface area (Å²) in [6.45, 7) is 3.86. The van der Waals surface area contributed by atoms with Crippen LogP contribution in [-0.2, 0) is 6.54 Å². The summed E-state index contributed by atoms with van der Waals surface area (Å²) in [6.07, 6.45) is 1.11. The molecule has 1 aromatic heterocycles. The van der Waals surface area contributed by atoms with Gasteiger partial charge in [0.1, 0.15) is 11.6 Å². The lowest BCUT2D eigenvalue weighted by Crippen LogP contribution is -2.14. The molecule has 0 bridgehead atoms. The minimum absolute atomic E-state index is 0.263. The maximum absolute atomic E-state index is 9.29. The predicted molar refractivity (Wildman–Crippen MR) is 59.8 cm³/mol. The number of phenols is 1. The zero-order valence-electron chi connectivity index (χ0n) is 8.75. The number of benzene rings is 1. The van der Waals surface area contributed by atoms with Gasteiger partial charge in [0.2, 0.25) is 0 Å². The molecular formula is C11H15N3O. The fourth-order valence-electron chi connectivity index (χ4n) is 1.52. The molecule has 4 heteroatoms. The standard InChI is InChI=1S/C11H15N3O/c1-2-5-12-7-11-13-9-4-3-8(15)6-10(9)14-11/h3-4,6,12,15H,2,5,7H2,1H3,(H,13,14). The van der Waals surface area contributed by atoms with Crippen molar-refractivity contribution in [2.24, 2.45) is 0 Å². The summed E-state index contributed by atoms with van der Waals surface area (Å²) >= 11 is 0. The fraction of sp³-hybridized carbons (Fsp3) is 0.364. The van der Waals surface area contributed by atoms with Crippen molar-refractivity contribution in [3.8, 4) is 5.75 Å². The predicted octanol–water partition coefficient (Wildman–Crippen LogP) is 1.77. The zero-order valence-corrected chi connectivity index (χ0v) is 8.75. The van der Waals surface area contributed by atoms with Crippen LogP contribution in [0.15, 0.2) is 18.2 Å². The molecule has 0 saturated carbocycles. The van der Waals surface area contributed by atoms with Crippen LogP contribution in [0.4, 0.5) is 0 Å². The van der Waals surface area contributed by atoms with Crippen molar-refractivity contribution in [3.05, 3.63) is 24.0 Å². The van der Waals surface area contributed by atoms with Gasteiger partial charge in [-0.05, 0) is 25.1 Å². The Morgan fingerprint density at radius 3 is 3.13 bits per heavy atom. The molecule has 15 heavy (non-hydrogen) atoms. The van der Waals surface area contributed by atoms with E-state index in [0.29, 0.717) is 0 Å². The molecule has 1 aromatic carbocycles. The average Bonchev–Trinajstić information content (AvgIpc) is 2.60. The second-order valence-electron chi connectivity index (χ2n) is 3.56. The third-order valence-electron chi connectivity index (χ3n) is 2.23. The Morgan fingerprint density at radius 2 is 2.33 bits per heavy atom. The highest BCUT2D eigenvalue weighted by atomic mass is 16.3. The van der Waals surface area contributed by atoms with Gasteiger partial charge in [-0.25, -0.2) is 4.98 Å². The first-order valence-electron chi connectivity index (χ1n) is 5.18. The van der Waals surface area contributed by atoms with Gasteiger partial charge < -0.3 is 15.4 Å². The smallest absolute Gasteiger partial charge is 0.121 e. The Morgan fingerprint density at radius 1 is 1.47 bits per heavy atom. The number of aromatic hydroxyl groups is 1. The van der Waals surface area contributed by atoms with Crippen LogP contribution >= 0.6 is 0 Å². The fourth-order valence-corrected chi connectivity index (χ4v) is 1.52. The van der Waals surface area contributed by atoms with Gasteiger partial charge in [-0.1, -0.05) is 6.92 Å². The quantitative estimate of drug-likeness (QED) is 0.667.